The summed E-state index contributed by atoms with van der Waals surface area (Å²) in [6.45, 7) is 1.45. The molecule has 8 nitrogen and oxygen atoms in total. The van der Waals surface area contributed by atoms with Gasteiger partial charge >= 0.3 is 6.61 Å². The van der Waals surface area contributed by atoms with Gasteiger partial charge < -0.3 is 19.5 Å². The molecule has 1 amide bonds. The summed E-state index contributed by atoms with van der Waals surface area (Å²) >= 11 is 0. The highest BCUT2D eigenvalue weighted by Gasteiger charge is 2.28. The van der Waals surface area contributed by atoms with Crippen molar-refractivity contribution in [3.05, 3.63) is 48.0 Å². The van der Waals surface area contributed by atoms with E-state index < -0.39 is 22.5 Å². The molecular formula is C21H24F2N2O6S. The number of rotatable bonds is 8. The Labute approximate surface area is 185 Å². The van der Waals surface area contributed by atoms with Crippen LogP contribution in [0.4, 0.5) is 14.5 Å². The summed E-state index contributed by atoms with van der Waals surface area (Å²) in [6, 6.07) is 9.65. The zero-order valence-electron chi connectivity index (χ0n) is 17.6. The molecule has 1 heterocycles. The number of hydrogen-bond donors (Lipinski definition) is 1. The molecule has 0 unspecified atom stereocenters. The summed E-state index contributed by atoms with van der Waals surface area (Å²) in [5, 5.41) is 2.56. The first kappa shape index (κ1) is 23.9. The van der Waals surface area contributed by atoms with E-state index in [0.717, 1.165) is 0 Å². The Kier molecular flexibility index (Phi) is 7.64. The third-order valence-electron chi connectivity index (χ3n) is 4.52. The lowest BCUT2D eigenvalue weighted by molar-refractivity contribution is -0.0501. The first-order valence-electron chi connectivity index (χ1n) is 9.92. The van der Waals surface area contributed by atoms with Crippen molar-refractivity contribution in [2.45, 2.75) is 31.5 Å². The molecular weight excluding hydrogens is 446 g/mol. The number of halogens is 2. The van der Waals surface area contributed by atoms with Gasteiger partial charge in [-0.05, 0) is 44.2 Å². The number of alkyl halides is 2. The molecule has 1 N–H and O–H groups in total. The predicted octanol–water partition coefficient (Wildman–Crippen LogP) is 3.35. The van der Waals surface area contributed by atoms with E-state index in [1.54, 1.807) is 13.8 Å². The molecule has 1 aliphatic heterocycles. The molecule has 174 valence electrons. The molecule has 1 aliphatic rings. The molecule has 1 fully saturated rings. The minimum Gasteiger partial charge on any atom is -0.489 e. The van der Waals surface area contributed by atoms with Crippen molar-refractivity contribution < 1.29 is 36.2 Å². The normalized spacial score (nSPS) is 15.1. The third kappa shape index (κ3) is 5.72. The van der Waals surface area contributed by atoms with Crippen LogP contribution in [-0.2, 0) is 14.8 Å². The van der Waals surface area contributed by atoms with E-state index >= 15 is 0 Å². The van der Waals surface area contributed by atoms with Gasteiger partial charge in [0.15, 0.2) is 0 Å². The van der Waals surface area contributed by atoms with Gasteiger partial charge in [0.05, 0.1) is 35.5 Å². The van der Waals surface area contributed by atoms with Crippen molar-refractivity contribution in [3.8, 4) is 11.5 Å². The molecule has 0 aromatic heterocycles. The first-order chi connectivity index (χ1) is 15.2. The first-order valence-corrected chi connectivity index (χ1v) is 11.4. The van der Waals surface area contributed by atoms with Crippen molar-refractivity contribution in [2.75, 3.05) is 31.6 Å². The summed E-state index contributed by atoms with van der Waals surface area (Å²) in [4.78, 5) is 12.8. The van der Waals surface area contributed by atoms with E-state index in [9.17, 15) is 22.0 Å². The maximum absolute atomic E-state index is 13.0. The highest BCUT2D eigenvalue weighted by atomic mass is 32.2. The zero-order valence-corrected chi connectivity index (χ0v) is 18.4. The number of nitrogens with one attached hydrogen (secondary N) is 1. The second kappa shape index (κ2) is 10.2. The number of sulfonamides is 1. The van der Waals surface area contributed by atoms with Crippen molar-refractivity contribution in [1.82, 2.24) is 4.31 Å². The van der Waals surface area contributed by atoms with Crippen LogP contribution < -0.4 is 14.8 Å². The van der Waals surface area contributed by atoms with Crippen molar-refractivity contribution in [3.63, 3.8) is 0 Å². The number of amides is 1. The van der Waals surface area contributed by atoms with Gasteiger partial charge in [0.2, 0.25) is 10.0 Å². The molecule has 1 saturated heterocycles. The monoisotopic (exact) mass is 470 g/mol. The van der Waals surface area contributed by atoms with Gasteiger partial charge in [-0.15, -0.1) is 0 Å². The number of morpholine rings is 1. The summed E-state index contributed by atoms with van der Waals surface area (Å²) in [7, 11) is -3.83. The Hall–Kier alpha value is -2.76. The molecule has 2 aromatic carbocycles. The second-order valence-electron chi connectivity index (χ2n) is 7.17. The maximum Gasteiger partial charge on any atom is 0.387 e. The fraction of sp³-hybridized carbons (Fsp3) is 0.381. The molecule has 0 bridgehead atoms. The second-order valence-corrected chi connectivity index (χ2v) is 9.11. The average Bonchev–Trinajstić information content (AvgIpc) is 2.75. The lowest BCUT2D eigenvalue weighted by atomic mass is 10.1. The Morgan fingerprint density at radius 1 is 1.06 bits per heavy atom. The summed E-state index contributed by atoms with van der Waals surface area (Å²) in [5.41, 5.74) is -0.0466. The number of carbonyl (C=O) groups is 1. The fourth-order valence-corrected chi connectivity index (χ4v) is 4.54. The van der Waals surface area contributed by atoms with Crippen LogP contribution >= 0.6 is 0 Å². The van der Waals surface area contributed by atoms with Gasteiger partial charge in [-0.25, -0.2) is 8.42 Å². The number of para-hydroxylation sites is 1. The van der Waals surface area contributed by atoms with Crippen LogP contribution in [0.25, 0.3) is 0 Å². The van der Waals surface area contributed by atoms with Crippen LogP contribution in [0.2, 0.25) is 0 Å². The quantitative estimate of drug-likeness (QED) is 0.636. The summed E-state index contributed by atoms with van der Waals surface area (Å²) < 4.78 is 68.1. The van der Waals surface area contributed by atoms with E-state index in [1.165, 1.54) is 46.8 Å². The van der Waals surface area contributed by atoms with Crippen molar-refractivity contribution in [1.29, 1.82) is 0 Å². The number of anilines is 1. The number of nitrogens with zero attached hydrogens (tertiary/aromatic N) is 1. The maximum atomic E-state index is 13.0. The molecule has 0 radical (unpaired) electrons. The largest absolute Gasteiger partial charge is 0.489 e. The zero-order chi connectivity index (χ0) is 23.3. The molecule has 32 heavy (non-hydrogen) atoms. The highest BCUT2D eigenvalue weighted by molar-refractivity contribution is 7.89. The summed E-state index contributed by atoms with van der Waals surface area (Å²) in [5.74, 6) is -0.819. The smallest absolute Gasteiger partial charge is 0.387 e. The summed E-state index contributed by atoms with van der Waals surface area (Å²) in [6.07, 6.45) is -0.262. The van der Waals surface area contributed by atoms with Crippen LogP contribution in [0.1, 0.15) is 24.2 Å². The average molecular weight is 470 g/mol. The Morgan fingerprint density at radius 3 is 2.41 bits per heavy atom. The van der Waals surface area contributed by atoms with Gasteiger partial charge in [-0.3, -0.25) is 4.79 Å². The number of benzene rings is 2. The van der Waals surface area contributed by atoms with Crippen molar-refractivity contribution in [2.24, 2.45) is 0 Å². The number of carbonyl (C=O) groups excluding carboxylic acids is 1. The molecule has 0 spiro atoms. The molecule has 11 heteroatoms. The highest BCUT2D eigenvalue weighted by Crippen LogP contribution is 2.31. The number of hydrogen-bond acceptors (Lipinski definition) is 6. The van der Waals surface area contributed by atoms with Crippen LogP contribution in [-0.4, -0.2) is 57.6 Å². The van der Waals surface area contributed by atoms with Gasteiger partial charge in [0.25, 0.3) is 5.91 Å². The van der Waals surface area contributed by atoms with Crippen LogP contribution in [0.15, 0.2) is 47.4 Å². The van der Waals surface area contributed by atoms with Gasteiger partial charge in [-0.1, -0.05) is 12.1 Å². The molecule has 0 atom stereocenters. The lowest BCUT2D eigenvalue weighted by Crippen LogP contribution is -2.40. The Morgan fingerprint density at radius 2 is 1.75 bits per heavy atom. The SMILES string of the molecule is CC(C)Oc1ccc(S(=O)(=O)N2CCOCC2)cc1NC(=O)c1ccccc1OC(F)F. The fourth-order valence-electron chi connectivity index (χ4n) is 3.10. The Bertz CT molecular complexity index is 1060. The topological polar surface area (TPSA) is 94.2 Å². The van der Waals surface area contributed by atoms with E-state index in [4.69, 9.17) is 9.47 Å². The minimum atomic E-state index is -3.83. The predicted molar refractivity (Wildman–Crippen MR) is 113 cm³/mol. The molecule has 0 aliphatic carbocycles. The van der Waals surface area contributed by atoms with Crippen LogP contribution in [0.3, 0.4) is 0 Å². The van der Waals surface area contributed by atoms with E-state index in [1.807, 2.05) is 0 Å². The van der Waals surface area contributed by atoms with E-state index in [2.05, 4.69) is 10.1 Å². The minimum absolute atomic E-state index is 0.0390. The molecule has 2 aromatic rings. The van der Waals surface area contributed by atoms with Crippen LogP contribution in [0, 0.1) is 0 Å². The lowest BCUT2D eigenvalue weighted by Gasteiger charge is -2.26. The molecule has 3 rings (SSSR count). The molecule has 0 saturated carbocycles. The number of ether oxygens (including phenoxy) is 3. The Balaban J connectivity index is 1.95. The van der Waals surface area contributed by atoms with Gasteiger partial charge in [-0.2, -0.15) is 13.1 Å². The van der Waals surface area contributed by atoms with Crippen LogP contribution in [0.5, 0.6) is 11.5 Å². The van der Waals surface area contributed by atoms with Gasteiger partial charge in [0.1, 0.15) is 11.5 Å². The van der Waals surface area contributed by atoms with E-state index in [-0.39, 0.29) is 60.1 Å². The standard InChI is InChI=1S/C21H24F2N2O6S/c1-14(2)30-19-8-7-15(32(27,28)25-9-11-29-12-10-25)13-17(19)24-20(26)16-5-3-4-6-18(16)31-21(22)23/h3-8,13-14,21H,9-12H2,1-2H3,(H,24,26). The van der Waals surface area contributed by atoms with Gasteiger partial charge in [0, 0.05) is 13.1 Å². The third-order valence-corrected chi connectivity index (χ3v) is 6.41. The van der Waals surface area contributed by atoms with Crippen molar-refractivity contribution >= 4 is 21.6 Å². The van der Waals surface area contributed by atoms with E-state index in [0.29, 0.717) is 0 Å².